The number of carbonyl (C=O) groups is 3. The van der Waals surface area contributed by atoms with Crippen molar-refractivity contribution in [2.75, 3.05) is 23.8 Å². The standard InChI is InChI=1S/C25H18Cl4N2O6S/c1-11(23(32)30-13-5-6-15-16(10-13)37-8-7-36-15)38-14-4-2-3-12(9-14)31-24(33)17-18(25(34)35)20(27)22(29)21(28)19(17)26/h2-6,9-11H,7-8H2,1H3,(H,30,32)(H,31,33)(H,34,35). The summed E-state index contributed by atoms with van der Waals surface area (Å²) in [7, 11) is 0. The zero-order valence-electron chi connectivity index (χ0n) is 19.4. The first-order chi connectivity index (χ1) is 18.1. The van der Waals surface area contributed by atoms with Gasteiger partial charge in [-0.2, -0.15) is 0 Å². The fourth-order valence-electron chi connectivity index (χ4n) is 3.51. The van der Waals surface area contributed by atoms with Crippen LogP contribution in [0, 0.1) is 0 Å². The Balaban J connectivity index is 1.47. The number of nitrogens with one attached hydrogen (secondary N) is 2. The van der Waals surface area contributed by atoms with E-state index in [-0.39, 0.29) is 21.0 Å². The van der Waals surface area contributed by atoms with Crippen LogP contribution in [0.1, 0.15) is 27.6 Å². The van der Waals surface area contributed by atoms with Crippen LogP contribution in [0.15, 0.2) is 47.4 Å². The molecule has 1 aliphatic heterocycles. The molecule has 1 atom stereocenters. The predicted octanol–water partition coefficient (Wildman–Crippen LogP) is 7.14. The molecule has 0 aromatic heterocycles. The maximum atomic E-state index is 13.0. The number of aromatic carboxylic acids is 1. The van der Waals surface area contributed by atoms with Gasteiger partial charge in [0, 0.05) is 22.3 Å². The van der Waals surface area contributed by atoms with Crippen LogP contribution in [-0.2, 0) is 4.79 Å². The SMILES string of the molecule is CC(Sc1cccc(NC(=O)c2c(Cl)c(Cl)c(Cl)c(Cl)c2C(=O)O)c1)C(=O)Nc1ccc2c(c1)OCCO2. The second-order valence-corrected chi connectivity index (χ2v) is 10.8. The third-order valence-corrected chi connectivity index (χ3v) is 8.19. The lowest BCUT2D eigenvalue weighted by molar-refractivity contribution is -0.115. The molecule has 3 aromatic carbocycles. The molecule has 1 heterocycles. The summed E-state index contributed by atoms with van der Waals surface area (Å²) in [6.45, 7) is 2.65. The third-order valence-electron chi connectivity index (χ3n) is 5.29. The van der Waals surface area contributed by atoms with Crippen LogP contribution in [0.3, 0.4) is 0 Å². The van der Waals surface area contributed by atoms with Gasteiger partial charge in [-0.05, 0) is 37.3 Å². The minimum Gasteiger partial charge on any atom is -0.486 e. The average molecular weight is 616 g/mol. The molecule has 0 saturated heterocycles. The van der Waals surface area contributed by atoms with Gasteiger partial charge in [0.2, 0.25) is 5.91 Å². The van der Waals surface area contributed by atoms with E-state index in [4.69, 9.17) is 55.9 Å². The summed E-state index contributed by atoms with van der Waals surface area (Å²) in [5.41, 5.74) is -0.101. The van der Waals surface area contributed by atoms with Crippen molar-refractivity contribution in [3.63, 3.8) is 0 Å². The van der Waals surface area contributed by atoms with Crippen LogP contribution < -0.4 is 20.1 Å². The summed E-state index contributed by atoms with van der Waals surface area (Å²) < 4.78 is 11.0. The summed E-state index contributed by atoms with van der Waals surface area (Å²) in [4.78, 5) is 38.2. The molecule has 3 aromatic rings. The highest BCUT2D eigenvalue weighted by molar-refractivity contribution is 8.00. The van der Waals surface area contributed by atoms with E-state index >= 15 is 0 Å². The van der Waals surface area contributed by atoms with Crippen LogP contribution in [-0.4, -0.2) is 41.4 Å². The predicted molar refractivity (Wildman–Crippen MR) is 149 cm³/mol. The van der Waals surface area contributed by atoms with Crippen LogP contribution in [0.5, 0.6) is 11.5 Å². The average Bonchev–Trinajstić information content (AvgIpc) is 2.89. The van der Waals surface area contributed by atoms with Gasteiger partial charge < -0.3 is 25.2 Å². The Bertz CT molecular complexity index is 1450. The third kappa shape index (κ3) is 6.08. The zero-order valence-corrected chi connectivity index (χ0v) is 23.3. The highest BCUT2D eigenvalue weighted by atomic mass is 35.5. The highest BCUT2D eigenvalue weighted by Crippen LogP contribution is 2.42. The van der Waals surface area contributed by atoms with Gasteiger partial charge in [0.25, 0.3) is 5.91 Å². The first-order valence-corrected chi connectivity index (χ1v) is 13.3. The van der Waals surface area contributed by atoms with E-state index in [2.05, 4.69) is 10.6 Å². The van der Waals surface area contributed by atoms with Crippen molar-refractivity contribution in [1.29, 1.82) is 0 Å². The van der Waals surface area contributed by atoms with Crippen LogP contribution in [0.25, 0.3) is 0 Å². The number of ether oxygens (including phenoxy) is 2. The van der Waals surface area contributed by atoms with E-state index in [1.807, 2.05) is 0 Å². The van der Waals surface area contributed by atoms with E-state index < -0.39 is 33.3 Å². The van der Waals surface area contributed by atoms with Crippen molar-refractivity contribution in [2.24, 2.45) is 0 Å². The first-order valence-electron chi connectivity index (χ1n) is 10.9. The van der Waals surface area contributed by atoms with E-state index in [0.29, 0.717) is 41.0 Å². The van der Waals surface area contributed by atoms with Gasteiger partial charge in [0.05, 0.1) is 36.5 Å². The van der Waals surface area contributed by atoms with Crippen LogP contribution in [0.4, 0.5) is 11.4 Å². The maximum Gasteiger partial charge on any atom is 0.338 e. The lowest BCUT2D eigenvalue weighted by atomic mass is 10.1. The monoisotopic (exact) mass is 614 g/mol. The molecule has 4 rings (SSSR count). The number of fused-ring (bicyclic) bond motifs is 1. The van der Waals surface area contributed by atoms with Gasteiger partial charge in [-0.3, -0.25) is 9.59 Å². The Labute approximate surface area is 241 Å². The Hall–Kier alpha value is -2.82. The summed E-state index contributed by atoms with van der Waals surface area (Å²) in [5.74, 6) is -1.41. The summed E-state index contributed by atoms with van der Waals surface area (Å²) in [6.07, 6.45) is 0. The molecule has 198 valence electrons. The van der Waals surface area contributed by atoms with Gasteiger partial charge in [0.15, 0.2) is 11.5 Å². The van der Waals surface area contributed by atoms with Gasteiger partial charge in [-0.1, -0.05) is 52.5 Å². The molecule has 1 aliphatic rings. The van der Waals surface area contributed by atoms with Gasteiger partial charge in [0.1, 0.15) is 13.2 Å². The number of carboxylic acid groups (broad SMARTS) is 1. The number of hydrogen-bond donors (Lipinski definition) is 3. The zero-order chi connectivity index (χ0) is 27.6. The van der Waals surface area contributed by atoms with Crippen molar-refractivity contribution in [3.05, 3.63) is 73.7 Å². The van der Waals surface area contributed by atoms with Crippen molar-refractivity contribution >= 4 is 87.3 Å². The quantitative estimate of drug-likeness (QED) is 0.147. The van der Waals surface area contributed by atoms with E-state index in [0.717, 1.165) is 0 Å². The second-order valence-electron chi connectivity index (χ2n) is 7.90. The molecule has 0 fully saturated rings. The number of benzene rings is 3. The number of thioether (sulfide) groups is 1. The van der Waals surface area contributed by atoms with Gasteiger partial charge in [-0.25, -0.2) is 4.79 Å². The molecule has 2 amide bonds. The first kappa shape index (κ1) is 28.2. The van der Waals surface area contributed by atoms with Crippen LogP contribution >= 0.6 is 58.2 Å². The van der Waals surface area contributed by atoms with E-state index in [1.165, 1.54) is 11.8 Å². The molecule has 3 N–H and O–H groups in total. The minimum absolute atomic E-state index is 0.240. The molecule has 0 saturated carbocycles. The molecular weight excluding hydrogens is 598 g/mol. The second kappa shape index (κ2) is 11.9. The lowest BCUT2D eigenvalue weighted by Crippen LogP contribution is -2.22. The number of carbonyl (C=O) groups excluding carboxylic acids is 2. The van der Waals surface area contributed by atoms with Gasteiger partial charge in [-0.15, -0.1) is 11.8 Å². The highest BCUT2D eigenvalue weighted by Gasteiger charge is 2.29. The van der Waals surface area contributed by atoms with Crippen molar-refractivity contribution in [3.8, 4) is 11.5 Å². The Morgan fingerprint density at radius 3 is 2.16 bits per heavy atom. The number of anilines is 2. The largest absolute Gasteiger partial charge is 0.486 e. The Kier molecular flexibility index (Phi) is 8.85. The van der Waals surface area contributed by atoms with Crippen molar-refractivity contribution < 1.29 is 29.0 Å². The number of halogens is 4. The molecule has 13 heteroatoms. The maximum absolute atomic E-state index is 13.0. The normalized spacial score (nSPS) is 13.0. The van der Waals surface area contributed by atoms with Crippen molar-refractivity contribution in [1.82, 2.24) is 0 Å². The number of hydrogen-bond acceptors (Lipinski definition) is 6. The summed E-state index contributed by atoms with van der Waals surface area (Å²) >= 11 is 25.4. The molecule has 38 heavy (non-hydrogen) atoms. The Morgan fingerprint density at radius 2 is 1.47 bits per heavy atom. The summed E-state index contributed by atoms with van der Waals surface area (Å²) in [5, 5.41) is 13.3. The topological polar surface area (TPSA) is 114 Å². The molecular formula is C25H18Cl4N2O6S. The summed E-state index contributed by atoms with van der Waals surface area (Å²) in [6, 6.07) is 11.8. The van der Waals surface area contributed by atoms with E-state index in [9.17, 15) is 19.5 Å². The molecule has 0 radical (unpaired) electrons. The molecule has 0 aliphatic carbocycles. The molecule has 0 bridgehead atoms. The van der Waals surface area contributed by atoms with Crippen molar-refractivity contribution in [2.45, 2.75) is 17.1 Å². The smallest absolute Gasteiger partial charge is 0.338 e. The lowest BCUT2D eigenvalue weighted by Gasteiger charge is -2.19. The minimum atomic E-state index is -1.50. The number of amides is 2. The van der Waals surface area contributed by atoms with Gasteiger partial charge >= 0.3 is 5.97 Å². The fourth-order valence-corrected chi connectivity index (χ4v) is 5.45. The fraction of sp³-hybridized carbons (Fsp3) is 0.160. The molecule has 1 unspecified atom stereocenters. The molecule has 0 spiro atoms. The van der Waals surface area contributed by atoms with E-state index in [1.54, 1.807) is 49.4 Å². The number of rotatable bonds is 7. The number of carboxylic acids is 1. The molecule has 8 nitrogen and oxygen atoms in total. The van der Waals surface area contributed by atoms with Crippen LogP contribution in [0.2, 0.25) is 20.1 Å². The Morgan fingerprint density at radius 1 is 0.842 bits per heavy atom.